The second kappa shape index (κ2) is 4.42. The van der Waals surface area contributed by atoms with Crippen LogP contribution in [0.5, 0.6) is 5.75 Å². The smallest absolute Gasteiger partial charge is 0.129 e. The fourth-order valence-corrected chi connectivity index (χ4v) is 4.10. The van der Waals surface area contributed by atoms with Crippen LogP contribution in [0.15, 0.2) is 29.4 Å². The molecule has 0 radical (unpaired) electrons. The number of aromatic hydroxyl groups is 1. The van der Waals surface area contributed by atoms with E-state index in [1.165, 1.54) is 0 Å². The van der Waals surface area contributed by atoms with Crippen LogP contribution >= 0.6 is 11.8 Å². The van der Waals surface area contributed by atoms with E-state index in [9.17, 15) is 5.11 Å². The zero-order valence-corrected chi connectivity index (χ0v) is 12.0. The van der Waals surface area contributed by atoms with Gasteiger partial charge in [-0.05, 0) is 26.0 Å². The van der Waals surface area contributed by atoms with Crippen LogP contribution in [0.2, 0.25) is 0 Å². The first-order chi connectivity index (χ1) is 9.00. The standard InChI is InChI=1S/C14H18N2O2S/c1-13(2)9-14(7-8-18-13)16-15-12(19-14)10-5-3-4-6-11(10)17/h3-6,16-17H,7-9H2,1-2H3/t14-/m1/s1. The highest BCUT2D eigenvalue weighted by Gasteiger charge is 2.45. The van der Waals surface area contributed by atoms with Crippen LogP contribution in [0.3, 0.4) is 0 Å². The van der Waals surface area contributed by atoms with Crippen molar-refractivity contribution in [1.82, 2.24) is 5.43 Å². The monoisotopic (exact) mass is 278 g/mol. The van der Waals surface area contributed by atoms with Crippen molar-refractivity contribution in [2.45, 2.75) is 37.2 Å². The van der Waals surface area contributed by atoms with E-state index in [4.69, 9.17) is 4.74 Å². The highest BCUT2D eigenvalue weighted by Crippen LogP contribution is 2.45. The van der Waals surface area contributed by atoms with E-state index in [1.54, 1.807) is 17.8 Å². The number of hydrazone groups is 1. The van der Waals surface area contributed by atoms with E-state index in [2.05, 4.69) is 24.4 Å². The van der Waals surface area contributed by atoms with Gasteiger partial charge in [-0.25, -0.2) is 0 Å². The van der Waals surface area contributed by atoms with Gasteiger partial charge in [0.25, 0.3) is 0 Å². The summed E-state index contributed by atoms with van der Waals surface area (Å²) in [5.74, 6) is 0.277. The average molecular weight is 278 g/mol. The number of nitrogens with one attached hydrogen (secondary N) is 1. The summed E-state index contributed by atoms with van der Waals surface area (Å²) in [6, 6.07) is 7.32. The van der Waals surface area contributed by atoms with E-state index < -0.39 is 0 Å². The predicted molar refractivity (Wildman–Crippen MR) is 77.4 cm³/mol. The molecule has 19 heavy (non-hydrogen) atoms. The van der Waals surface area contributed by atoms with Crippen LogP contribution in [0.4, 0.5) is 0 Å². The van der Waals surface area contributed by atoms with Gasteiger partial charge in [-0.3, -0.25) is 5.43 Å². The van der Waals surface area contributed by atoms with Gasteiger partial charge in [-0.2, -0.15) is 5.10 Å². The topological polar surface area (TPSA) is 53.8 Å². The number of nitrogens with zero attached hydrogens (tertiary/aromatic N) is 1. The molecule has 4 nitrogen and oxygen atoms in total. The highest BCUT2D eigenvalue weighted by molar-refractivity contribution is 8.15. The van der Waals surface area contributed by atoms with E-state index >= 15 is 0 Å². The molecule has 0 amide bonds. The van der Waals surface area contributed by atoms with Crippen molar-refractivity contribution in [3.8, 4) is 5.75 Å². The molecule has 1 aromatic carbocycles. The number of para-hydroxylation sites is 1. The molecule has 2 aliphatic rings. The molecule has 1 aromatic rings. The third kappa shape index (κ3) is 2.44. The van der Waals surface area contributed by atoms with Gasteiger partial charge in [0, 0.05) is 12.8 Å². The van der Waals surface area contributed by atoms with Crippen molar-refractivity contribution in [3.05, 3.63) is 29.8 Å². The van der Waals surface area contributed by atoms with Crippen LogP contribution in [0.25, 0.3) is 0 Å². The maximum Gasteiger partial charge on any atom is 0.129 e. The summed E-state index contributed by atoms with van der Waals surface area (Å²) >= 11 is 1.70. The molecular weight excluding hydrogens is 260 g/mol. The lowest BCUT2D eigenvalue weighted by Crippen LogP contribution is -2.49. The number of thioether (sulfide) groups is 1. The molecule has 1 fully saturated rings. The minimum absolute atomic E-state index is 0.0979. The Morgan fingerprint density at radius 3 is 2.89 bits per heavy atom. The molecule has 102 valence electrons. The number of ether oxygens (including phenoxy) is 1. The third-order valence-electron chi connectivity index (χ3n) is 3.50. The summed E-state index contributed by atoms with van der Waals surface area (Å²) in [5, 5.41) is 15.2. The number of phenolic OH excluding ortho intramolecular Hbond substituents is 1. The van der Waals surface area contributed by atoms with Gasteiger partial charge in [-0.1, -0.05) is 23.9 Å². The van der Waals surface area contributed by atoms with Crippen molar-refractivity contribution in [2.75, 3.05) is 6.61 Å². The molecule has 1 saturated heterocycles. The van der Waals surface area contributed by atoms with Gasteiger partial charge in [-0.15, -0.1) is 0 Å². The number of phenols is 1. The Hall–Kier alpha value is -1.20. The molecule has 0 saturated carbocycles. The lowest BCUT2D eigenvalue weighted by Gasteiger charge is -2.41. The summed E-state index contributed by atoms with van der Waals surface area (Å²) in [6.07, 6.45) is 1.81. The lowest BCUT2D eigenvalue weighted by molar-refractivity contribution is -0.0683. The molecule has 1 atom stereocenters. The van der Waals surface area contributed by atoms with Crippen molar-refractivity contribution in [1.29, 1.82) is 0 Å². The fraction of sp³-hybridized carbons (Fsp3) is 0.500. The fourth-order valence-electron chi connectivity index (χ4n) is 2.65. The van der Waals surface area contributed by atoms with Gasteiger partial charge in [0.1, 0.15) is 15.7 Å². The molecule has 0 aromatic heterocycles. The minimum atomic E-state index is -0.137. The first-order valence-electron chi connectivity index (χ1n) is 6.46. The molecule has 2 heterocycles. The highest BCUT2D eigenvalue weighted by atomic mass is 32.2. The largest absolute Gasteiger partial charge is 0.507 e. The predicted octanol–water partition coefficient (Wildman–Crippen LogP) is 2.68. The Labute approximate surface area is 117 Å². The van der Waals surface area contributed by atoms with Crippen LogP contribution < -0.4 is 5.43 Å². The zero-order chi connectivity index (χ0) is 13.5. The molecule has 3 rings (SSSR count). The molecule has 0 bridgehead atoms. The summed E-state index contributed by atoms with van der Waals surface area (Å²) in [4.78, 5) is -0.0979. The average Bonchev–Trinajstić information content (AvgIpc) is 2.71. The number of hydrogen-bond acceptors (Lipinski definition) is 5. The van der Waals surface area contributed by atoms with Crippen LogP contribution in [-0.2, 0) is 4.74 Å². The Morgan fingerprint density at radius 2 is 2.16 bits per heavy atom. The third-order valence-corrected chi connectivity index (χ3v) is 4.83. The van der Waals surface area contributed by atoms with Crippen molar-refractivity contribution in [2.24, 2.45) is 5.10 Å². The Balaban J connectivity index is 1.81. The summed E-state index contributed by atoms with van der Waals surface area (Å²) in [5.41, 5.74) is 3.92. The summed E-state index contributed by atoms with van der Waals surface area (Å²) < 4.78 is 5.76. The summed E-state index contributed by atoms with van der Waals surface area (Å²) in [6.45, 7) is 4.94. The van der Waals surface area contributed by atoms with Gasteiger partial charge in [0.05, 0.1) is 17.8 Å². The molecule has 2 N–H and O–H groups in total. The van der Waals surface area contributed by atoms with Crippen LogP contribution in [0.1, 0.15) is 32.3 Å². The van der Waals surface area contributed by atoms with E-state index in [0.29, 0.717) is 0 Å². The number of rotatable bonds is 1. The zero-order valence-electron chi connectivity index (χ0n) is 11.1. The molecular formula is C14H18N2O2S. The first-order valence-corrected chi connectivity index (χ1v) is 7.28. The lowest BCUT2D eigenvalue weighted by atomic mass is 9.94. The molecule has 0 unspecified atom stereocenters. The van der Waals surface area contributed by atoms with E-state index in [-0.39, 0.29) is 16.2 Å². The van der Waals surface area contributed by atoms with Crippen molar-refractivity contribution in [3.63, 3.8) is 0 Å². The first kappa shape index (κ1) is 12.8. The normalized spacial score (nSPS) is 29.1. The van der Waals surface area contributed by atoms with E-state index in [0.717, 1.165) is 30.1 Å². The molecule has 2 aliphatic heterocycles. The Morgan fingerprint density at radius 1 is 1.37 bits per heavy atom. The van der Waals surface area contributed by atoms with Crippen molar-refractivity contribution >= 4 is 16.8 Å². The van der Waals surface area contributed by atoms with Gasteiger partial charge in [0.2, 0.25) is 0 Å². The second-order valence-corrected chi connectivity index (χ2v) is 7.05. The molecule has 1 spiro atoms. The van der Waals surface area contributed by atoms with Gasteiger partial charge >= 0.3 is 0 Å². The van der Waals surface area contributed by atoms with E-state index in [1.807, 2.05) is 18.2 Å². The Bertz CT molecular complexity index is 530. The van der Waals surface area contributed by atoms with Crippen LogP contribution in [-0.4, -0.2) is 27.2 Å². The molecule has 5 heteroatoms. The Kier molecular flexibility index (Phi) is 2.98. The quantitative estimate of drug-likeness (QED) is 0.829. The maximum absolute atomic E-state index is 9.91. The SMILES string of the molecule is CC1(C)C[C@]2(CCO1)NN=C(c1ccccc1O)S2. The van der Waals surface area contributed by atoms with Gasteiger partial charge in [0.15, 0.2) is 0 Å². The van der Waals surface area contributed by atoms with Crippen LogP contribution in [0, 0.1) is 0 Å². The number of benzene rings is 1. The maximum atomic E-state index is 9.91. The minimum Gasteiger partial charge on any atom is -0.507 e. The molecule has 0 aliphatic carbocycles. The number of hydrogen-bond donors (Lipinski definition) is 2. The van der Waals surface area contributed by atoms with Crippen molar-refractivity contribution < 1.29 is 9.84 Å². The second-order valence-electron chi connectivity index (χ2n) is 5.68. The van der Waals surface area contributed by atoms with Gasteiger partial charge < -0.3 is 9.84 Å². The summed E-state index contributed by atoms with van der Waals surface area (Å²) in [7, 11) is 0.